The van der Waals surface area contributed by atoms with E-state index in [1.165, 1.54) is 18.2 Å². The predicted molar refractivity (Wildman–Crippen MR) is 92.7 cm³/mol. The van der Waals surface area contributed by atoms with Crippen LogP contribution in [0, 0.1) is 5.92 Å². The van der Waals surface area contributed by atoms with E-state index in [2.05, 4.69) is 15.0 Å². The molecule has 0 aliphatic heterocycles. The quantitative estimate of drug-likeness (QED) is 0.674. The molecule has 0 fully saturated rings. The Bertz CT molecular complexity index is 769. The van der Waals surface area contributed by atoms with Crippen LogP contribution in [0.4, 0.5) is 17.6 Å². The number of halogens is 4. The summed E-state index contributed by atoms with van der Waals surface area (Å²) in [7, 11) is 0. The van der Waals surface area contributed by atoms with Crippen molar-refractivity contribution < 1.29 is 22.3 Å². The summed E-state index contributed by atoms with van der Waals surface area (Å²) in [5, 5.41) is 0. The second-order valence-corrected chi connectivity index (χ2v) is 7.02. The molecule has 1 atom stereocenters. The second-order valence-electron chi connectivity index (χ2n) is 7.02. The predicted octanol–water partition coefficient (Wildman–Crippen LogP) is 4.56. The molecule has 0 aromatic carbocycles. The summed E-state index contributed by atoms with van der Waals surface area (Å²) < 4.78 is 57.8. The van der Waals surface area contributed by atoms with Crippen LogP contribution in [0.25, 0.3) is 11.4 Å². The smallest absolute Gasteiger partial charge is 0.297 e. The summed E-state index contributed by atoms with van der Waals surface area (Å²) in [6, 6.07) is 4.03. The molecule has 2 rings (SSSR count). The molecule has 27 heavy (non-hydrogen) atoms. The first-order chi connectivity index (χ1) is 12.6. The van der Waals surface area contributed by atoms with Crippen molar-refractivity contribution in [3.05, 3.63) is 35.9 Å². The van der Waals surface area contributed by atoms with Crippen molar-refractivity contribution in [2.45, 2.75) is 45.6 Å². The first-order valence-corrected chi connectivity index (χ1v) is 8.41. The van der Waals surface area contributed by atoms with Crippen molar-refractivity contribution in [3.63, 3.8) is 0 Å². The van der Waals surface area contributed by atoms with Crippen molar-refractivity contribution in [3.8, 4) is 17.1 Å². The van der Waals surface area contributed by atoms with Gasteiger partial charge in [-0.15, -0.1) is 0 Å². The molecule has 0 radical (unpaired) electrons. The second kappa shape index (κ2) is 8.60. The molecule has 2 aromatic heterocycles. The standard InChI is InChI=1S/C18H22F4N4O/c1-10(2)8-18(3,23)9-27-13-5-4-11(25-14(13)15(19)20)12-6-7-24-17(26-12)16(21)22/h4-7,10,15-16H,8-9,23H2,1-3H3/t18-/m0/s1. The van der Waals surface area contributed by atoms with Gasteiger partial charge in [-0.3, -0.25) is 0 Å². The van der Waals surface area contributed by atoms with E-state index >= 15 is 0 Å². The topological polar surface area (TPSA) is 73.9 Å². The molecule has 0 bridgehead atoms. The third-order valence-corrected chi connectivity index (χ3v) is 3.66. The zero-order valence-electron chi connectivity index (χ0n) is 15.3. The zero-order valence-corrected chi connectivity index (χ0v) is 15.3. The monoisotopic (exact) mass is 386 g/mol. The molecule has 148 valence electrons. The fourth-order valence-corrected chi connectivity index (χ4v) is 2.74. The van der Waals surface area contributed by atoms with E-state index in [0.717, 1.165) is 6.20 Å². The Morgan fingerprint density at radius 3 is 2.30 bits per heavy atom. The van der Waals surface area contributed by atoms with E-state index in [4.69, 9.17) is 10.5 Å². The highest BCUT2D eigenvalue weighted by Gasteiger charge is 2.24. The Kier molecular flexibility index (Phi) is 6.69. The highest BCUT2D eigenvalue weighted by atomic mass is 19.3. The number of hydrogen-bond acceptors (Lipinski definition) is 5. The number of alkyl halides is 4. The lowest BCUT2D eigenvalue weighted by atomic mass is 9.93. The lowest BCUT2D eigenvalue weighted by Crippen LogP contribution is -2.43. The number of rotatable bonds is 8. The van der Waals surface area contributed by atoms with Crippen LogP contribution in [0.3, 0.4) is 0 Å². The number of nitrogens with two attached hydrogens (primary N) is 1. The lowest BCUT2D eigenvalue weighted by Gasteiger charge is -2.27. The molecular weight excluding hydrogens is 364 g/mol. The summed E-state index contributed by atoms with van der Waals surface area (Å²) in [4.78, 5) is 11.0. The molecule has 5 nitrogen and oxygen atoms in total. The van der Waals surface area contributed by atoms with Crippen LogP contribution in [0.15, 0.2) is 24.4 Å². The highest BCUT2D eigenvalue weighted by molar-refractivity contribution is 5.55. The largest absolute Gasteiger partial charge is 0.490 e. The van der Waals surface area contributed by atoms with Crippen LogP contribution in [0.5, 0.6) is 5.75 Å². The Hall–Kier alpha value is -2.29. The van der Waals surface area contributed by atoms with Crippen LogP contribution in [-0.2, 0) is 0 Å². The van der Waals surface area contributed by atoms with Gasteiger partial charge in [0.1, 0.15) is 18.1 Å². The normalized spacial score (nSPS) is 14.0. The molecular formula is C18H22F4N4O. The van der Waals surface area contributed by atoms with Crippen LogP contribution in [0.1, 0.15) is 51.6 Å². The van der Waals surface area contributed by atoms with Gasteiger partial charge in [0.15, 0.2) is 5.82 Å². The van der Waals surface area contributed by atoms with E-state index in [-0.39, 0.29) is 23.7 Å². The van der Waals surface area contributed by atoms with Crippen LogP contribution in [-0.4, -0.2) is 27.1 Å². The maximum atomic E-state index is 13.4. The first-order valence-electron chi connectivity index (χ1n) is 8.41. The van der Waals surface area contributed by atoms with Crippen molar-refractivity contribution >= 4 is 0 Å². The fourth-order valence-electron chi connectivity index (χ4n) is 2.74. The molecule has 2 heterocycles. The van der Waals surface area contributed by atoms with E-state index in [1.807, 2.05) is 13.8 Å². The van der Waals surface area contributed by atoms with Gasteiger partial charge in [0.25, 0.3) is 12.9 Å². The SMILES string of the molecule is CC(C)C[C@](C)(N)COc1ccc(-c2ccnc(C(F)F)n2)nc1C(F)F. The number of aromatic nitrogens is 3. The molecule has 0 saturated heterocycles. The maximum absolute atomic E-state index is 13.4. The van der Waals surface area contributed by atoms with E-state index in [1.54, 1.807) is 6.92 Å². The van der Waals surface area contributed by atoms with Gasteiger partial charge in [0.2, 0.25) is 0 Å². The van der Waals surface area contributed by atoms with E-state index in [0.29, 0.717) is 12.3 Å². The molecule has 0 aliphatic rings. The molecule has 0 saturated carbocycles. The number of hydrogen-bond donors (Lipinski definition) is 1. The average molecular weight is 386 g/mol. The third kappa shape index (κ3) is 5.85. The van der Waals surface area contributed by atoms with Gasteiger partial charge in [-0.2, -0.15) is 0 Å². The van der Waals surface area contributed by atoms with Gasteiger partial charge in [0.05, 0.1) is 11.4 Å². The minimum Gasteiger partial charge on any atom is -0.490 e. The first kappa shape index (κ1) is 21.0. The Balaban J connectivity index is 2.28. The van der Waals surface area contributed by atoms with Crippen molar-refractivity contribution in [1.82, 2.24) is 15.0 Å². The summed E-state index contributed by atoms with van der Waals surface area (Å²) >= 11 is 0. The van der Waals surface area contributed by atoms with Crippen molar-refractivity contribution in [2.24, 2.45) is 11.7 Å². The number of pyridine rings is 1. The summed E-state index contributed by atoms with van der Waals surface area (Å²) in [6.07, 6.45) is -4.00. The molecule has 2 N–H and O–H groups in total. The third-order valence-electron chi connectivity index (χ3n) is 3.66. The van der Waals surface area contributed by atoms with Gasteiger partial charge in [-0.25, -0.2) is 32.5 Å². The van der Waals surface area contributed by atoms with Crippen LogP contribution in [0.2, 0.25) is 0 Å². The van der Waals surface area contributed by atoms with Crippen molar-refractivity contribution in [2.75, 3.05) is 6.61 Å². The Morgan fingerprint density at radius 1 is 1.04 bits per heavy atom. The number of ether oxygens (including phenoxy) is 1. The summed E-state index contributed by atoms with van der Waals surface area (Å²) in [6.45, 7) is 5.82. The average Bonchev–Trinajstić information content (AvgIpc) is 2.58. The fraction of sp³-hybridized carbons (Fsp3) is 0.500. The zero-order chi connectivity index (χ0) is 20.2. The Morgan fingerprint density at radius 2 is 1.70 bits per heavy atom. The maximum Gasteiger partial charge on any atom is 0.297 e. The summed E-state index contributed by atoms with van der Waals surface area (Å²) in [5.74, 6) is -0.474. The molecule has 0 spiro atoms. The van der Waals surface area contributed by atoms with Gasteiger partial charge in [0, 0.05) is 11.7 Å². The Labute approximate surface area is 155 Å². The molecule has 0 aliphatic carbocycles. The van der Waals surface area contributed by atoms with Crippen LogP contribution >= 0.6 is 0 Å². The van der Waals surface area contributed by atoms with Gasteiger partial charge < -0.3 is 10.5 Å². The van der Waals surface area contributed by atoms with Crippen LogP contribution < -0.4 is 10.5 Å². The van der Waals surface area contributed by atoms with E-state index < -0.39 is 29.9 Å². The lowest BCUT2D eigenvalue weighted by molar-refractivity contribution is 0.134. The highest BCUT2D eigenvalue weighted by Crippen LogP contribution is 2.31. The summed E-state index contributed by atoms with van der Waals surface area (Å²) in [5.41, 5.74) is 4.91. The van der Waals surface area contributed by atoms with Crippen molar-refractivity contribution in [1.29, 1.82) is 0 Å². The molecule has 9 heteroatoms. The van der Waals surface area contributed by atoms with Gasteiger partial charge >= 0.3 is 0 Å². The minimum absolute atomic E-state index is 0.0252. The number of nitrogens with zero attached hydrogens (tertiary/aromatic N) is 3. The molecule has 0 amide bonds. The minimum atomic E-state index is -2.91. The van der Waals surface area contributed by atoms with Gasteiger partial charge in [-0.05, 0) is 37.5 Å². The molecule has 2 aromatic rings. The van der Waals surface area contributed by atoms with E-state index in [9.17, 15) is 17.6 Å². The van der Waals surface area contributed by atoms with Gasteiger partial charge in [-0.1, -0.05) is 13.8 Å². The molecule has 0 unspecified atom stereocenters.